The lowest BCUT2D eigenvalue weighted by Gasteiger charge is -2.18. The Hall–Kier alpha value is -0.560. The molecule has 0 amide bonds. The van der Waals surface area contributed by atoms with Gasteiger partial charge in [-0.15, -0.1) is 0 Å². The second kappa shape index (κ2) is 3.67. The van der Waals surface area contributed by atoms with Gasteiger partial charge in [0.05, 0.1) is 0 Å². The van der Waals surface area contributed by atoms with Crippen LogP contribution in [-0.4, -0.2) is 0 Å². The number of hydrogen-bond donors (Lipinski definition) is 0. The second-order valence-electron chi connectivity index (χ2n) is 4.47. The van der Waals surface area contributed by atoms with Crippen LogP contribution in [0, 0.1) is 11.2 Å². The fourth-order valence-electron chi connectivity index (χ4n) is 1.25. The molecule has 0 bridgehead atoms. The lowest BCUT2D eigenvalue weighted by atomic mass is 9.88. The summed E-state index contributed by atoms with van der Waals surface area (Å²) in [6.45, 7) is 6.32. The summed E-state index contributed by atoms with van der Waals surface area (Å²) < 4.78 is 12.9. The molecular formula is C11H14ClF. The fourth-order valence-corrected chi connectivity index (χ4v) is 1.43. The van der Waals surface area contributed by atoms with Crippen LogP contribution in [0.5, 0.6) is 0 Å². The highest BCUT2D eigenvalue weighted by molar-refractivity contribution is 6.31. The van der Waals surface area contributed by atoms with Crippen molar-refractivity contribution in [2.45, 2.75) is 27.2 Å². The Morgan fingerprint density at radius 3 is 2.46 bits per heavy atom. The molecule has 0 heterocycles. The van der Waals surface area contributed by atoms with Crippen LogP contribution in [0.4, 0.5) is 4.39 Å². The Kier molecular flexibility index (Phi) is 2.97. The van der Waals surface area contributed by atoms with E-state index in [0.717, 1.165) is 12.0 Å². The van der Waals surface area contributed by atoms with Crippen LogP contribution in [0.2, 0.25) is 5.02 Å². The van der Waals surface area contributed by atoms with E-state index in [9.17, 15) is 4.39 Å². The van der Waals surface area contributed by atoms with Crippen molar-refractivity contribution < 1.29 is 4.39 Å². The van der Waals surface area contributed by atoms with Gasteiger partial charge in [0.2, 0.25) is 0 Å². The van der Waals surface area contributed by atoms with E-state index in [1.165, 1.54) is 12.1 Å². The van der Waals surface area contributed by atoms with E-state index < -0.39 is 0 Å². The number of benzene rings is 1. The van der Waals surface area contributed by atoms with Crippen molar-refractivity contribution in [2.75, 3.05) is 0 Å². The Labute approximate surface area is 83.7 Å². The van der Waals surface area contributed by atoms with Crippen LogP contribution < -0.4 is 0 Å². The molecule has 0 unspecified atom stereocenters. The summed E-state index contributed by atoms with van der Waals surface area (Å²) in [6.07, 6.45) is 0.795. The number of hydrogen-bond acceptors (Lipinski definition) is 0. The standard InChI is InChI=1S/C11H14ClF/c1-11(2,3)7-8-6-9(13)4-5-10(8)12/h4-6H,7H2,1-3H3. The highest BCUT2D eigenvalue weighted by atomic mass is 35.5. The van der Waals surface area contributed by atoms with E-state index in [1.54, 1.807) is 6.07 Å². The Bertz CT molecular complexity index is 299. The van der Waals surface area contributed by atoms with Crippen LogP contribution in [0.25, 0.3) is 0 Å². The van der Waals surface area contributed by atoms with Crippen molar-refractivity contribution in [1.29, 1.82) is 0 Å². The molecule has 13 heavy (non-hydrogen) atoms. The third kappa shape index (κ3) is 3.35. The molecule has 0 saturated heterocycles. The minimum Gasteiger partial charge on any atom is -0.207 e. The molecule has 0 aliphatic carbocycles. The molecule has 0 aromatic heterocycles. The predicted molar refractivity (Wildman–Crippen MR) is 54.6 cm³/mol. The average Bonchev–Trinajstić information content (AvgIpc) is 1.94. The zero-order chi connectivity index (χ0) is 10.1. The van der Waals surface area contributed by atoms with E-state index in [2.05, 4.69) is 20.8 Å². The first-order chi connectivity index (χ1) is 5.88. The topological polar surface area (TPSA) is 0 Å². The first-order valence-corrected chi connectivity index (χ1v) is 4.70. The maximum absolute atomic E-state index is 12.9. The molecule has 0 nitrogen and oxygen atoms in total. The van der Waals surface area contributed by atoms with Crippen molar-refractivity contribution >= 4 is 11.6 Å². The SMILES string of the molecule is CC(C)(C)Cc1cc(F)ccc1Cl. The van der Waals surface area contributed by atoms with Crippen molar-refractivity contribution in [1.82, 2.24) is 0 Å². The molecule has 0 radical (unpaired) electrons. The number of halogens is 2. The quantitative estimate of drug-likeness (QED) is 0.641. The van der Waals surface area contributed by atoms with Crippen LogP contribution in [0.3, 0.4) is 0 Å². The summed E-state index contributed by atoms with van der Waals surface area (Å²) in [7, 11) is 0. The molecule has 1 aromatic rings. The predicted octanol–water partition coefficient (Wildman–Crippen LogP) is 4.07. The molecule has 0 fully saturated rings. The van der Waals surface area contributed by atoms with Crippen LogP contribution in [0.15, 0.2) is 18.2 Å². The molecule has 0 spiro atoms. The van der Waals surface area contributed by atoms with Crippen LogP contribution in [0.1, 0.15) is 26.3 Å². The highest BCUT2D eigenvalue weighted by Gasteiger charge is 2.13. The molecule has 0 saturated carbocycles. The monoisotopic (exact) mass is 200 g/mol. The van der Waals surface area contributed by atoms with E-state index in [1.807, 2.05) is 0 Å². The zero-order valence-corrected chi connectivity index (χ0v) is 8.95. The average molecular weight is 201 g/mol. The Morgan fingerprint density at radius 2 is 1.92 bits per heavy atom. The molecule has 0 N–H and O–H groups in total. The minimum atomic E-state index is -0.219. The van der Waals surface area contributed by atoms with Crippen molar-refractivity contribution in [3.63, 3.8) is 0 Å². The minimum absolute atomic E-state index is 0.136. The van der Waals surface area contributed by atoms with Gasteiger partial charge in [0, 0.05) is 5.02 Å². The van der Waals surface area contributed by atoms with E-state index in [-0.39, 0.29) is 11.2 Å². The third-order valence-electron chi connectivity index (χ3n) is 1.73. The molecule has 1 rings (SSSR count). The van der Waals surface area contributed by atoms with Gasteiger partial charge in [-0.3, -0.25) is 0 Å². The number of rotatable bonds is 1. The van der Waals surface area contributed by atoms with E-state index >= 15 is 0 Å². The summed E-state index contributed by atoms with van der Waals surface area (Å²) in [5.74, 6) is -0.219. The van der Waals surface area contributed by atoms with Gasteiger partial charge in [-0.05, 0) is 35.6 Å². The molecule has 2 heteroatoms. The van der Waals surface area contributed by atoms with E-state index in [0.29, 0.717) is 5.02 Å². The summed E-state index contributed by atoms with van der Waals surface area (Å²) in [5.41, 5.74) is 1.02. The molecule has 1 aromatic carbocycles. The largest absolute Gasteiger partial charge is 0.207 e. The molecule has 0 aliphatic heterocycles. The van der Waals surface area contributed by atoms with Gasteiger partial charge in [0.1, 0.15) is 5.82 Å². The van der Waals surface area contributed by atoms with Gasteiger partial charge in [0.15, 0.2) is 0 Å². The normalized spacial score (nSPS) is 11.8. The maximum Gasteiger partial charge on any atom is 0.123 e. The van der Waals surface area contributed by atoms with Gasteiger partial charge in [-0.25, -0.2) is 4.39 Å². The molecule has 72 valence electrons. The van der Waals surface area contributed by atoms with E-state index in [4.69, 9.17) is 11.6 Å². The van der Waals surface area contributed by atoms with Crippen molar-refractivity contribution in [3.05, 3.63) is 34.6 Å². The first kappa shape index (κ1) is 10.5. The van der Waals surface area contributed by atoms with Gasteiger partial charge < -0.3 is 0 Å². The molecule has 0 atom stereocenters. The summed E-state index contributed by atoms with van der Waals surface area (Å²) in [6, 6.07) is 4.50. The first-order valence-electron chi connectivity index (χ1n) is 4.32. The second-order valence-corrected chi connectivity index (χ2v) is 4.88. The highest BCUT2D eigenvalue weighted by Crippen LogP contribution is 2.26. The Morgan fingerprint density at radius 1 is 1.31 bits per heavy atom. The summed E-state index contributed by atoms with van der Waals surface area (Å²) >= 11 is 5.94. The van der Waals surface area contributed by atoms with Gasteiger partial charge in [-0.1, -0.05) is 32.4 Å². The third-order valence-corrected chi connectivity index (χ3v) is 2.10. The lowest BCUT2D eigenvalue weighted by molar-refractivity contribution is 0.410. The zero-order valence-electron chi connectivity index (χ0n) is 8.20. The fraction of sp³-hybridized carbons (Fsp3) is 0.455. The lowest BCUT2D eigenvalue weighted by Crippen LogP contribution is -2.09. The van der Waals surface area contributed by atoms with Crippen molar-refractivity contribution in [3.8, 4) is 0 Å². The van der Waals surface area contributed by atoms with Crippen LogP contribution in [-0.2, 0) is 6.42 Å². The summed E-state index contributed by atoms with van der Waals surface area (Å²) in [5, 5.41) is 0.649. The van der Waals surface area contributed by atoms with Gasteiger partial charge in [-0.2, -0.15) is 0 Å². The van der Waals surface area contributed by atoms with Crippen molar-refractivity contribution in [2.24, 2.45) is 5.41 Å². The maximum atomic E-state index is 12.9. The molecule has 0 aliphatic rings. The summed E-state index contributed by atoms with van der Waals surface area (Å²) in [4.78, 5) is 0. The smallest absolute Gasteiger partial charge is 0.123 e. The van der Waals surface area contributed by atoms with Crippen LogP contribution >= 0.6 is 11.6 Å². The van der Waals surface area contributed by atoms with Gasteiger partial charge >= 0.3 is 0 Å². The van der Waals surface area contributed by atoms with Gasteiger partial charge in [0.25, 0.3) is 0 Å². The Balaban J connectivity index is 2.94. The molecular weight excluding hydrogens is 187 g/mol.